The monoisotopic (exact) mass is 323 g/mol. The molecule has 2 aliphatic rings. The van der Waals surface area contributed by atoms with Crippen LogP contribution in [0.5, 0.6) is 0 Å². The SMILES string of the molecule is N#Cc1c(N)n[nH]c1CCCNc1nc(C2CC2)nc2c1CCC2. The van der Waals surface area contributed by atoms with Gasteiger partial charge >= 0.3 is 0 Å². The minimum Gasteiger partial charge on any atom is -0.381 e. The van der Waals surface area contributed by atoms with E-state index in [1.165, 1.54) is 30.5 Å². The summed E-state index contributed by atoms with van der Waals surface area (Å²) in [6.07, 6.45) is 7.37. The minimum absolute atomic E-state index is 0.281. The van der Waals surface area contributed by atoms with Gasteiger partial charge in [0.05, 0.1) is 5.69 Å². The number of nitrogen functional groups attached to an aromatic ring is 1. The molecule has 0 atom stereocenters. The number of nitrogens with two attached hydrogens (primary N) is 1. The lowest BCUT2D eigenvalue weighted by molar-refractivity contribution is 0.815. The van der Waals surface area contributed by atoms with E-state index in [2.05, 4.69) is 21.6 Å². The highest BCUT2D eigenvalue weighted by atomic mass is 15.2. The van der Waals surface area contributed by atoms with Crippen molar-refractivity contribution >= 4 is 11.6 Å². The maximum Gasteiger partial charge on any atom is 0.163 e. The fourth-order valence-electron chi connectivity index (χ4n) is 3.29. The number of nitrogens with one attached hydrogen (secondary N) is 2. The van der Waals surface area contributed by atoms with Gasteiger partial charge in [-0.1, -0.05) is 0 Å². The van der Waals surface area contributed by atoms with Gasteiger partial charge in [0.25, 0.3) is 0 Å². The summed E-state index contributed by atoms with van der Waals surface area (Å²) in [5.41, 5.74) is 9.47. The summed E-state index contributed by atoms with van der Waals surface area (Å²) >= 11 is 0. The van der Waals surface area contributed by atoms with Gasteiger partial charge in [0.15, 0.2) is 5.82 Å². The smallest absolute Gasteiger partial charge is 0.163 e. The van der Waals surface area contributed by atoms with Gasteiger partial charge in [-0.15, -0.1) is 0 Å². The van der Waals surface area contributed by atoms with E-state index in [-0.39, 0.29) is 5.82 Å². The number of rotatable bonds is 6. The highest BCUT2D eigenvalue weighted by molar-refractivity contribution is 5.51. The molecule has 0 aliphatic heterocycles. The second-order valence-electron chi connectivity index (χ2n) is 6.59. The van der Waals surface area contributed by atoms with Crippen LogP contribution in [0, 0.1) is 11.3 Å². The van der Waals surface area contributed by atoms with E-state index in [0.29, 0.717) is 11.5 Å². The van der Waals surface area contributed by atoms with Crippen LogP contribution in [0.4, 0.5) is 11.6 Å². The molecular formula is C17H21N7. The van der Waals surface area contributed by atoms with Crippen molar-refractivity contribution in [1.82, 2.24) is 20.2 Å². The topological polar surface area (TPSA) is 116 Å². The highest BCUT2D eigenvalue weighted by Crippen LogP contribution is 2.40. The summed E-state index contributed by atoms with van der Waals surface area (Å²) in [6.45, 7) is 0.803. The van der Waals surface area contributed by atoms with Crippen LogP contribution in [0.2, 0.25) is 0 Å². The average Bonchev–Trinajstić information content (AvgIpc) is 3.22. The zero-order valence-corrected chi connectivity index (χ0v) is 13.6. The number of aromatic amines is 1. The summed E-state index contributed by atoms with van der Waals surface area (Å²) < 4.78 is 0. The molecule has 7 nitrogen and oxygen atoms in total. The molecule has 0 aromatic carbocycles. The van der Waals surface area contributed by atoms with Crippen molar-refractivity contribution < 1.29 is 0 Å². The third-order valence-electron chi connectivity index (χ3n) is 4.77. The number of H-pyrrole nitrogens is 1. The molecule has 0 unspecified atom stereocenters. The largest absolute Gasteiger partial charge is 0.381 e. The zero-order chi connectivity index (χ0) is 16.5. The maximum absolute atomic E-state index is 9.09. The van der Waals surface area contributed by atoms with Gasteiger partial charge in [-0.05, 0) is 44.9 Å². The molecule has 2 heterocycles. The van der Waals surface area contributed by atoms with Gasteiger partial charge in [0, 0.05) is 23.7 Å². The number of nitriles is 1. The second kappa shape index (κ2) is 6.11. The molecule has 0 amide bonds. The predicted octanol–water partition coefficient (Wildman–Crippen LogP) is 2.06. The molecule has 2 aliphatic carbocycles. The summed E-state index contributed by atoms with van der Waals surface area (Å²) in [5.74, 6) is 2.89. The Morgan fingerprint density at radius 1 is 1.29 bits per heavy atom. The molecule has 0 spiro atoms. The summed E-state index contributed by atoms with van der Waals surface area (Å²) in [5, 5.41) is 19.3. The van der Waals surface area contributed by atoms with E-state index < -0.39 is 0 Å². The molecule has 124 valence electrons. The fraction of sp³-hybridized carbons (Fsp3) is 0.529. The van der Waals surface area contributed by atoms with Gasteiger partial charge in [-0.2, -0.15) is 10.4 Å². The van der Waals surface area contributed by atoms with Gasteiger partial charge in [0.1, 0.15) is 23.3 Å². The van der Waals surface area contributed by atoms with Crippen LogP contribution < -0.4 is 11.1 Å². The number of fused-ring (bicyclic) bond motifs is 1. The van der Waals surface area contributed by atoms with Gasteiger partial charge in [0.2, 0.25) is 0 Å². The Hall–Kier alpha value is -2.62. The Labute approximate surface area is 140 Å². The average molecular weight is 323 g/mol. The normalized spacial score (nSPS) is 16.0. The summed E-state index contributed by atoms with van der Waals surface area (Å²) in [6, 6.07) is 2.10. The summed E-state index contributed by atoms with van der Waals surface area (Å²) in [7, 11) is 0. The lowest BCUT2D eigenvalue weighted by atomic mass is 10.1. The first-order valence-electron chi connectivity index (χ1n) is 8.62. The summed E-state index contributed by atoms with van der Waals surface area (Å²) in [4.78, 5) is 9.54. The zero-order valence-electron chi connectivity index (χ0n) is 13.6. The number of nitrogens with zero attached hydrogens (tertiary/aromatic N) is 4. The second-order valence-corrected chi connectivity index (χ2v) is 6.59. The van der Waals surface area contributed by atoms with E-state index in [1.54, 1.807) is 0 Å². The molecule has 7 heteroatoms. The van der Waals surface area contributed by atoms with Crippen LogP contribution in [0.25, 0.3) is 0 Å². The maximum atomic E-state index is 9.09. The molecule has 4 rings (SSSR count). The number of aromatic nitrogens is 4. The number of hydrogen-bond acceptors (Lipinski definition) is 6. The number of aryl methyl sites for hydroxylation is 2. The standard InChI is InChI=1S/C17H21N7/c18-9-12-14(23-24-15(12)19)5-2-8-20-17-11-3-1-4-13(11)21-16(22-17)10-6-7-10/h10H,1-8H2,(H3,19,23,24)(H,20,21,22). The molecule has 2 aromatic heterocycles. The first kappa shape index (κ1) is 14.9. The molecule has 0 bridgehead atoms. The van der Waals surface area contributed by atoms with E-state index in [9.17, 15) is 0 Å². The predicted molar refractivity (Wildman–Crippen MR) is 90.6 cm³/mol. The van der Waals surface area contributed by atoms with E-state index in [0.717, 1.165) is 49.6 Å². The Bertz CT molecular complexity index is 798. The molecule has 24 heavy (non-hydrogen) atoms. The first-order valence-corrected chi connectivity index (χ1v) is 8.62. The molecular weight excluding hydrogens is 302 g/mol. The van der Waals surface area contributed by atoms with Crippen LogP contribution in [0.3, 0.4) is 0 Å². The Morgan fingerprint density at radius 3 is 2.96 bits per heavy atom. The van der Waals surface area contributed by atoms with Crippen molar-refractivity contribution in [3.05, 3.63) is 28.3 Å². The minimum atomic E-state index is 0.281. The van der Waals surface area contributed by atoms with Crippen molar-refractivity contribution in [1.29, 1.82) is 5.26 Å². The molecule has 1 saturated carbocycles. The van der Waals surface area contributed by atoms with Crippen LogP contribution in [0.15, 0.2) is 0 Å². The highest BCUT2D eigenvalue weighted by Gasteiger charge is 2.29. The fourth-order valence-corrected chi connectivity index (χ4v) is 3.29. The van der Waals surface area contributed by atoms with Crippen LogP contribution >= 0.6 is 0 Å². The Kier molecular flexibility index (Phi) is 3.81. The van der Waals surface area contributed by atoms with Crippen LogP contribution in [-0.2, 0) is 19.3 Å². The van der Waals surface area contributed by atoms with E-state index >= 15 is 0 Å². The van der Waals surface area contributed by atoms with Gasteiger partial charge in [-0.25, -0.2) is 9.97 Å². The molecule has 4 N–H and O–H groups in total. The van der Waals surface area contributed by atoms with E-state index in [1.807, 2.05) is 0 Å². The van der Waals surface area contributed by atoms with Crippen molar-refractivity contribution in [3.8, 4) is 6.07 Å². The Morgan fingerprint density at radius 2 is 2.17 bits per heavy atom. The number of hydrogen-bond donors (Lipinski definition) is 3. The van der Waals surface area contributed by atoms with E-state index in [4.69, 9.17) is 21.0 Å². The third-order valence-corrected chi connectivity index (χ3v) is 4.77. The molecule has 0 saturated heterocycles. The van der Waals surface area contributed by atoms with Gasteiger partial charge < -0.3 is 11.1 Å². The molecule has 0 radical (unpaired) electrons. The van der Waals surface area contributed by atoms with Crippen LogP contribution in [0.1, 0.15) is 59.9 Å². The lowest BCUT2D eigenvalue weighted by Crippen LogP contribution is -2.10. The quantitative estimate of drug-likeness (QED) is 0.701. The molecule has 2 aromatic rings. The first-order chi connectivity index (χ1) is 11.8. The van der Waals surface area contributed by atoms with Crippen molar-refractivity contribution in [2.45, 2.75) is 50.9 Å². The van der Waals surface area contributed by atoms with Crippen LogP contribution in [-0.4, -0.2) is 26.7 Å². The number of anilines is 2. The van der Waals surface area contributed by atoms with Gasteiger partial charge in [-0.3, -0.25) is 5.10 Å². The van der Waals surface area contributed by atoms with Crippen molar-refractivity contribution in [2.24, 2.45) is 0 Å². The third kappa shape index (κ3) is 2.80. The Balaban J connectivity index is 1.40. The van der Waals surface area contributed by atoms with Crippen molar-refractivity contribution in [2.75, 3.05) is 17.6 Å². The molecule has 1 fully saturated rings. The lowest BCUT2D eigenvalue weighted by Gasteiger charge is -2.12. The van der Waals surface area contributed by atoms with Crippen molar-refractivity contribution in [3.63, 3.8) is 0 Å².